The highest BCUT2D eigenvalue weighted by Gasteiger charge is 2.22. The minimum Gasteiger partial charge on any atom is -0.394 e. The lowest BCUT2D eigenvalue weighted by Gasteiger charge is -2.30. The Kier molecular flexibility index (Phi) is 5.69. The molecule has 0 bridgehead atoms. The summed E-state index contributed by atoms with van der Waals surface area (Å²) in [6.45, 7) is 8.08. The van der Waals surface area contributed by atoms with Crippen LogP contribution >= 0.6 is 0 Å². The van der Waals surface area contributed by atoms with Gasteiger partial charge >= 0.3 is 0 Å². The molecule has 96 valence electrons. The first-order valence-corrected chi connectivity index (χ1v) is 6.30. The molecule has 2 N–H and O–H groups in total. The van der Waals surface area contributed by atoms with E-state index in [1.54, 1.807) is 0 Å². The summed E-state index contributed by atoms with van der Waals surface area (Å²) >= 11 is 0. The lowest BCUT2D eigenvalue weighted by Crippen LogP contribution is -2.46. The Hall–Kier alpha value is -0.160. The summed E-state index contributed by atoms with van der Waals surface area (Å²) in [5, 5.41) is 12.5. The molecule has 0 radical (unpaired) electrons. The first-order valence-electron chi connectivity index (χ1n) is 6.30. The maximum Gasteiger partial charge on any atom is 0.0610 e. The molecule has 1 fully saturated rings. The van der Waals surface area contributed by atoms with Crippen LogP contribution in [0.15, 0.2) is 0 Å². The second kappa shape index (κ2) is 6.55. The summed E-state index contributed by atoms with van der Waals surface area (Å²) in [6.07, 6.45) is 2.26. The minimum absolute atomic E-state index is 0.127. The molecule has 1 aliphatic heterocycles. The SMILES string of the molecule is CNC(C)(CO)CCN1CCCN(C)CC1. The Labute approximate surface area is 99.6 Å². The highest BCUT2D eigenvalue weighted by atomic mass is 16.3. The maximum atomic E-state index is 9.32. The van der Waals surface area contributed by atoms with E-state index in [0.717, 1.165) is 26.1 Å². The molecular formula is C12H27N3O. The summed E-state index contributed by atoms with van der Waals surface area (Å²) in [5.74, 6) is 0. The van der Waals surface area contributed by atoms with E-state index in [1.165, 1.54) is 19.5 Å². The number of aliphatic hydroxyl groups excluding tert-OH is 1. The summed E-state index contributed by atoms with van der Waals surface area (Å²) in [4.78, 5) is 4.90. The van der Waals surface area contributed by atoms with Gasteiger partial charge in [0.15, 0.2) is 0 Å². The lowest BCUT2D eigenvalue weighted by atomic mass is 9.99. The van der Waals surface area contributed by atoms with Crippen molar-refractivity contribution in [3.05, 3.63) is 0 Å². The molecule has 0 aromatic carbocycles. The minimum atomic E-state index is -0.127. The van der Waals surface area contributed by atoms with Gasteiger partial charge in [0.05, 0.1) is 6.61 Å². The Morgan fingerprint density at radius 3 is 2.62 bits per heavy atom. The second-order valence-corrected chi connectivity index (χ2v) is 5.22. The van der Waals surface area contributed by atoms with Crippen molar-refractivity contribution in [1.82, 2.24) is 15.1 Å². The number of rotatable bonds is 5. The van der Waals surface area contributed by atoms with Crippen LogP contribution in [0.2, 0.25) is 0 Å². The number of nitrogens with zero attached hydrogens (tertiary/aromatic N) is 2. The quantitative estimate of drug-likeness (QED) is 0.695. The van der Waals surface area contributed by atoms with Gasteiger partial charge in [-0.2, -0.15) is 0 Å². The van der Waals surface area contributed by atoms with Crippen LogP contribution in [0.5, 0.6) is 0 Å². The third-order valence-corrected chi connectivity index (χ3v) is 3.74. The van der Waals surface area contributed by atoms with Gasteiger partial charge < -0.3 is 20.2 Å². The molecule has 4 heteroatoms. The van der Waals surface area contributed by atoms with Crippen molar-refractivity contribution in [2.24, 2.45) is 0 Å². The monoisotopic (exact) mass is 229 g/mol. The van der Waals surface area contributed by atoms with Crippen LogP contribution in [0.25, 0.3) is 0 Å². The predicted molar refractivity (Wildman–Crippen MR) is 67.7 cm³/mol. The van der Waals surface area contributed by atoms with Gasteiger partial charge in [0.25, 0.3) is 0 Å². The summed E-state index contributed by atoms with van der Waals surface area (Å²) in [6, 6.07) is 0. The normalized spacial score (nSPS) is 24.0. The van der Waals surface area contributed by atoms with Gasteiger partial charge in [0.1, 0.15) is 0 Å². The van der Waals surface area contributed by atoms with Crippen LogP contribution in [0, 0.1) is 0 Å². The molecule has 1 unspecified atom stereocenters. The van der Waals surface area contributed by atoms with Gasteiger partial charge in [-0.15, -0.1) is 0 Å². The number of likely N-dealkylation sites (N-methyl/N-ethyl adjacent to an activating group) is 2. The average Bonchev–Trinajstić information content (AvgIpc) is 2.51. The fourth-order valence-corrected chi connectivity index (χ4v) is 2.01. The molecule has 0 aromatic rings. The largest absolute Gasteiger partial charge is 0.394 e. The first kappa shape index (κ1) is 13.9. The standard InChI is InChI=1S/C12H27N3O/c1-12(11-16,13-2)5-8-15-7-4-6-14(3)9-10-15/h13,16H,4-11H2,1-3H3. The third kappa shape index (κ3) is 4.37. The van der Waals surface area contributed by atoms with Crippen LogP contribution in [-0.4, -0.2) is 73.9 Å². The van der Waals surface area contributed by atoms with Crippen molar-refractivity contribution >= 4 is 0 Å². The molecule has 0 spiro atoms. The number of hydrogen-bond donors (Lipinski definition) is 2. The van der Waals surface area contributed by atoms with Crippen molar-refractivity contribution in [3.8, 4) is 0 Å². The Bertz CT molecular complexity index is 195. The van der Waals surface area contributed by atoms with Crippen molar-refractivity contribution in [2.75, 3.05) is 53.4 Å². The van der Waals surface area contributed by atoms with E-state index in [1.807, 2.05) is 7.05 Å². The van der Waals surface area contributed by atoms with Gasteiger partial charge in [-0.05, 0) is 47.0 Å². The Balaban J connectivity index is 2.31. The van der Waals surface area contributed by atoms with E-state index in [9.17, 15) is 5.11 Å². The zero-order chi connectivity index (χ0) is 12.0. The predicted octanol–water partition coefficient (Wildman–Crippen LogP) is -0.0156. The van der Waals surface area contributed by atoms with Gasteiger partial charge in [-0.25, -0.2) is 0 Å². The van der Waals surface area contributed by atoms with Gasteiger partial charge in [-0.3, -0.25) is 0 Å². The molecule has 0 amide bonds. The zero-order valence-electron chi connectivity index (χ0n) is 11.0. The highest BCUT2D eigenvalue weighted by Crippen LogP contribution is 2.10. The van der Waals surface area contributed by atoms with E-state index in [2.05, 4.69) is 29.1 Å². The van der Waals surface area contributed by atoms with Gasteiger partial charge in [0, 0.05) is 25.2 Å². The molecule has 1 saturated heterocycles. The highest BCUT2D eigenvalue weighted by molar-refractivity contribution is 4.82. The molecule has 4 nitrogen and oxygen atoms in total. The smallest absolute Gasteiger partial charge is 0.0610 e. The molecule has 16 heavy (non-hydrogen) atoms. The average molecular weight is 229 g/mol. The summed E-state index contributed by atoms with van der Waals surface area (Å²) in [5.41, 5.74) is -0.127. The lowest BCUT2D eigenvalue weighted by molar-refractivity contribution is 0.153. The van der Waals surface area contributed by atoms with Crippen molar-refractivity contribution in [1.29, 1.82) is 0 Å². The van der Waals surface area contributed by atoms with Crippen LogP contribution in [-0.2, 0) is 0 Å². The first-order chi connectivity index (χ1) is 7.59. The van der Waals surface area contributed by atoms with Crippen molar-refractivity contribution < 1.29 is 5.11 Å². The molecule has 1 rings (SSSR count). The summed E-state index contributed by atoms with van der Waals surface area (Å²) < 4.78 is 0. The van der Waals surface area contributed by atoms with E-state index in [0.29, 0.717) is 0 Å². The number of nitrogens with one attached hydrogen (secondary N) is 1. The fourth-order valence-electron chi connectivity index (χ4n) is 2.01. The van der Waals surface area contributed by atoms with Crippen LogP contribution < -0.4 is 5.32 Å². The van der Waals surface area contributed by atoms with Crippen molar-refractivity contribution in [2.45, 2.75) is 25.3 Å². The molecular weight excluding hydrogens is 202 g/mol. The molecule has 1 aliphatic rings. The van der Waals surface area contributed by atoms with Crippen molar-refractivity contribution in [3.63, 3.8) is 0 Å². The molecule has 0 saturated carbocycles. The second-order valence-electron chi connectivity index (χ2n) is 5.22. The van der Waals surface area contributed by atoms with E-state index >= 15 is 0 Å². The van der Waals surface area contributed by atoms with Crippen LogP contribution in [0.1, 0.15) is 19.8 Å². The summed E-state index contributed by atoms with van der Waals surface area (Å²) in [7, 11) is 4.11. The Morgan fingerprint density at radius 1 is 1.25 bits per heavy atom. The third-order valence-electron chi connectivity index (χ3n) is 3.74. The molecule has 1 heterocycles. The fraction of sp³-hybridized carbons (Fsp3) is 1.00. The van der Waals surface area contributed by atoms with Crippen LogP contribution in [0.4, 0.5) is 0 Å². The van der Waals surface area contributed by atoms with Crippen LogP contribution in [0.3, 0.4) is 0 Å². The number of hydrogen-bond acceptors (Lipinski definition) is 4. The Morgan fingerprint density at radius 2 is 2.00 bits per heavy atom. The number of aliphatic hydroxyl groups is 1. The topological polar surface area (TPSA) is 38.7 Å². The van der Waals surface area contributed by atoms with E-state index in [-0.39, 0.29) is 12.1 Å². The van der Waals surface area contributed by atoms with Gasteiger partial charge in [-0.1, -0.05) is 0 Å². The molecule has 0 aliphatic carbocycles. The van der Waals surface area contributed by atoms with Gasteiger partial charge in [0.2, 0.25) is 0 Å². The maximum absolute atomic E-state index is 9.32. The zero-order valence-corrected chi connectivity index (χ0v) is 11.0. The van der Waals surface area contributed by atoms with E-state index in [4.69, 9.17) is 0 Å². The molecule has 0 aromatic heterocycles. The van der Waals surface area contributed by atoms with E-state index < -0.39 is 0 Å². The molecule has 1 atom stereocenters.